The summed E-state index contributed by atoms with van der Waals surface area (Å²) >= 11 is 0. The van der Waals surface area contributed by atoms with Crippen molar-refractivity contribution in [1.82, 2.24) is 0 Å². The fourth-order valence-electron chi connectivity index (χ4n) is 9.95. The molecule has 0 saturated heterocycles. The van der Waals surface area contributed by atoms with E-state index >= 15 is 0 Å². The third kappa shape index (κ3) is 8.40. The maximum Gasteiger partial charge on any atom is 0.0473 e. The molecule has 0 saturated carbocycles. The van der Waals surface area contributed by atoms with Gasteiger partial charge in [-0.2, -0.15) is 0 Å². The maximum absolute atomic E-state index is 2.36. The Labute approximate surface area is 410 Å². The molecule has 0 N–H and O–H groups in total. The first-order valence-electron chi connectivity index (χ1n) is 24.0. The minimum Gasteiger partial charge on any atom is -0.311 e. The molecule has 2 heteroatoms. The van der Waals surface area contributed by atoms with Gasteiger partial charge in [0, 0.05) is 34.1 Å². The van der Waals surface area contributed by atoms with Gasteiger partial charge in [-0.05, 0) is 156 Å². The fraction of sp³-hybridized carbons (Fsp3) is 0. The van der Waals surface area contributed by atoms with Crippen LogP contribution in [-0.2, 0) is 0 Å². The minimum absolute atomic E-state index is 1.08. The number of rotatable bonds is 11. The van der Waals surface area contributed by atoms with Crippen LogP contribution in [0.25, 0.3) is 77.2 Å². The van der Waals surface area contributed by atoms with Crippen LogP contribution in [0.1, 0.15) is 0 Å². The SMILES string of the molecule is c1ccc(-c2cc(-c3ccccc3)cc(N(c3ccccc3)c3ccc(-c4ccc(N(c5ccc(-c6cccc7ccccc67)cc5)c5ccc(-c6cccc7ccccc67)cc5)cc4)cc3)c2)cc1. The summed E-state index contributed by atoms with van der Waals surface area (Å²) in [6.45, 7) is 0. The van der Waals surface area contributed by atoms with Gasteiger partial charge in [0.2, 0.25) is 0 Å². The number of nitrogens with zero attached hydrogens (tertiary/aromatic N) is 2. The molecule has 12 rings (SSSR count). The smallest absolute Gasteiger partial charge is 0.0473 e. The maximum atomic E-state index is 2.36. The van der Waals surface area contributed by atoms with Gasteiger partial charge in [0.05, 0.1) is 0 Å². The molecule has 0 fully saturated rings. The number of para-hydroxylation sites is 1. The van der Waals surface area contributed by atoms with Crippen LogP contribution in [0, 0.1) is 0 Å². The van der Waals surface area contributed by atoms with E-state index in [0.717, 1.165) is 45.3 Å². The van der Waals surface area contributed by atoms with Gasteiger partial charge in [0.15, 0.2) is 0 Å². The molecule has 0 heterocycles. The van der Waals surface area contributed by atoms with Crippen molar-refractivity contribution in [2.45, 2.75) is 0 Å². The summed E-state index contributed by atoms with van der Waals surface area (Å²) in [5.41, 5.74) is 18.4. The molecule has 12 aromatic carbocycles. The molecule has 2 nitrogen and oxygen atoms in total. The summed E-state index contributed by atoms with van der Waals surface area (Å²) in [5, 5.41) is 4.99. The van der Waals surface area contributed by atoms with Gasteiger partial charge in [0.1, 0.15) is 0 Å². The Morgan fingerprint density at radius 3 is 0.886 bits per heavy atom. The number of hydrogen-bond acceptors (Lipinski definition) is 2. The van der Waals surface area contributed by atoms with Crippen molar-refractivity contribution in [2.75, 3.05) is 9.80 Å². The van der Waals surface area contributed by atoms with Crippen molar-refractivity contribution >= 4 is 55.7 Å². The van der Waals surface area contributed by atoms with Crippen LogP contribution in [-0.4, -0.2) is 0 Å². The molecule has 0 aromatic heterocycles. The highest BCUT2D eigenvalue weighted by molar-refractivity contribution is 5.98. The summed E-state index contributed by atoms with van der Waals surface area (Å²) in [4.78, 5) is 4.72. The molecule has 330 valence electrons. The molecule has 70 heavy (non-hydrogen) atoms. The molecule has 0 aliphatic carbocycles. The Bertz CT molecular complexity index is 3530. The molecule has 0 aliphatic rings. The Morgan fingerprint density at radius 2 is 0.471 bits per heavy atom. The van der Waals surface area contributed by atoms with Crippen molar-refractivity contribution in [3.63, 3.8) is 0 Å². The van der Waals surface area contributed by atoms with Gasteiger partial charge in [-0.1, -0.05) is 212 Å². The van der Waals surface area contributed by atoms with E-state index in [4.69, 9.17) is 0 Å². The van der Waals surface area contributed by atoms with Crippen molar-refractivity contribution in [2.24, 2.45) is 0 Å². The second-order valence-electron chi connectivity index (χ2n) is 17.7. The van der Waals surface area contributed by atoms with Crippen LogP contribution in [0.5, 0.6) is 0 Å². The lowest BCUT2D eigenvalue weighted by Gasteiger charge is -2.27. The van der Waals surface area contributed by atoms with E-state index in [9.17, 15) is 0 Å². The number of fused-ring (bicyclic) bond motifs is 2. The number of anilines is 6. The lowest BCUT2D eigenvalue weighted by Crippen LogP contribution is -2.10. The van der Waals surface area contributed by atoms with Crippen molar-refractivity contribution in [3.05, 3.63) is 291 Å². The van der Waals surface area contributed by atoms with E-state index < -0.39 is 0 Å². The Hall–Kier alpha value is -9.24. The zero-order chi connectivity index (χ0) is 46.6. The van der Waals surface area contributed by atoms with Gasteiger partial charge in [-0.15, -0.1) is 0 Å². The molecule has 0 spiro atoms. The monoisotopic (exact) mass is 892 g/mol. The lowest BCUT2D eigenvalue weighted by molar-refractivity contribution is 1.28. The Balaban J connectivity index is 0.895. The van der Waals surface area contributed by atoms with Crippen LogP contribution in [0.3, 0.4) is 0 Å². The summed E-state index contributed by atoms with van der Waals surface area (Å²) in [6, 6.07) is 105. The first kappa shape index (κ1) is 42.1. The fourth-order valence-corrected chi connectivity index (χ4v) is 9.95. The molecule has 0 bridgehead atoms. The standard InChI is InChI=1S/C68H48N2/c1-4-16-49(17-5-1)57-46-58(50-18-6-2-7-19-50)48-64(47-57)70(59-24-8-3-9-25-59)63-40-32-52(33-41-63)51-30-38-60(39-31-51)69(61-42-34-55(35-43-61)67-28-14-22-53-20-10-12-26-65(53)67)62-44-36-56(37-45-62)68-29-15-23-54-21-11-13-27-66(54)68/h1-48H. The van der Waals surface area contributed by atoms with Gasteiger partial charge >= 0.3 is 0 Å². The number of hydrogen-bond donors (Lipinski definition) is 0. The van der Waals surface area contributed by atoms with E-state index in [1.807, 2.05) is 0 Å². The van der Waals surface area contributed by atoms with Crippen LogP contribution in [0.15, 0.2) is 291 Å². The number of benzene rings is 12. The zero-order valence-electron chi connectivity index (χ0n) is 38.6. The lowest BCUT2D eigenvalue weighted by atomic mass is 9.97. The molecule has 0 amide bonds. The Morgan fingerprint density at radius 1 is 0.171 bits per heavy atom. The second kappa shape index (κ2) is 18.8. The predicted octanol–water partition coefficient (Wildman–Crippen LogP) is 19.3. The van der Waals surface area contributed by atoms with E-state index in [1.165, 1.54) is 66.1 Å². The van der Waals surface area contributed by atoms with Crippen molar-refractivity contribution < 1.29 is 0 Å². The highest BCUT2D eigenvalue weighted by Crippen LogP contribution is 2.42. The highest BCUT2D eigenvalue weighted by Gasteiger charge is 2.18. The molecule has 0 radical (unpaired) electrons. The molecule has 0 atom stereocenters. The van der Waals surface area contributed by atoms with Crippen molar-refractivity contribution in [1.29, 1.82) is 0 Å². The molecule has 0 aliphatic heterocycles. The van der Waals surface area contributed by atoms with Gasteiger partial charge in [-0.3, -0.25) is 0 Å². The summed E-state index contributed by atoms with van der Waals surface area (Å²) in [6.07, 6.45) is 0. The van der Waals surface area contributed by atoms with Gasteiger partial charge in [-0.25, -0.2) is 0 Å². The van der Waals surface area contributed by atoms with Crippen LogP contribution in [0.4, 0.5) is 34.1 Å². The van der Waals surface area contributed by atoms with E-state index in [1.54, 1.807) is 0 Å². The second-order valence-corrected chi connectivity index (χ2v) is 17.7. The van der Waals surface area contributed by atoms with Crippen LogP contribution < -0.4 is 9.80 Å². The largest absolute Gasteiger partial charge is 0.311 e. The van der Waals surface area contributed by atoms with Crippen molar-refractivity contribution in [3.8, 4) is 55.6 Å². The van der Waals surface area contributed by atoms with E-state index in [2.05, 4.69) is 301 Å². The van der Waals surface area contributed by atoms with E-state index in [-0.39, 0.29) is 0 Å². The molecule has 12 aromatic rings. The van der Waals surface area contributed by atoms with Gasteiger partial charge in [0.25, 0.3) is 0 Å². The Kier molecular flexibility index (Phi) is 11.3. The van der Waals surface area contributed by atoms with E-state index in [0.29, 0.717) is 0 Å². The predicted molar refractivity (Wildman–Crippen MR) is 298 cm³/mol. The average molecular weight is 893 g/mol. The zero-order valence-corrected chi connectivity index (χ0v) is 38.6. The summed E-state index contributed by atoms with van der Waals surface area (Å²) < 4.78 is 0. The third-order valence-electron chi connectivity index (χ3n) is 13.4. The normalized spacial score (nSPS) is 11.1. The quantitative estimate of drug-likeness (QED) is 0.128. The minimum atomic E-state index is 1.08. The molecular weight excluding hydrogens is 845 g/mol. The molecular formula is C68H48N2. The van der Waals surface area contributed by atoms with Gasteiger partial charge < -0.3 is 9.80 Å². The van der Waals surface area contributed by atoms with Crippen LogP contribution in [0.2, 0.25) is 0 Å². The van der Waals surface area contributed by atoms with Crippen LogP contribution >= 0.6 is 0 Å². The first-order valence-corrected chi connectivity index (χ1v) is 24.0. The topological polar surface area (TPSA) is 6.48 Å². The summed E-state index contributed by atoms with van der Waals surface area (Å²) in [5.74, 6) is 0. The highest BCUT2D eigenvalue weighted by atomic mass is 15.1. The summed E-state index contributed by atoms with van der Waals surface area (Å²) in [7, 11) is 0. The third-order valence-corrected chi connectivity index (χ3v) is 13.4. The first-order chi connectivity index (χ1) is 34.7. The molecule has 0 unspecified atom stereocenters. The average Bonchev–Trinajstić information content (AvgIpc) is 3.44.